The lowest BCUT2D eigenvalue weighted by Gasteiger charge is -2.29. The molecule has 1 saturated heterocycles. The molecule has 1 aromatic heterocycles. The Kier molecular flexibility index (Phi) is 4.14. The average molecular weight is 280 g/mol. The number of hydrogen-bond acceptors (Lipinski definition) is 6. The molecule has 0 aromatic carbocycles. The fourth-order valence-corrected chi connectivity index (χ4v) is 2.26. The van der Waals surface area contributed by atoms with E-state index in [4.69, 9.17) is 10.5 Å². The predicted molar refractivity (Wildman–Crippen MR) is 69.3 cm³/mol. The summed E-state index contributed by atoms with van der Waals surface area (Å²) < 4.78 is 5.25. The summed E-state index contributed by atoms with van der Waals surface area (Å²) >= 11 is 0. The fraction of sp³-hybridized carbons (Fsp3) is 0.500. The Labute approximate surface area is 115 Å². The number of nitrogens with zero attached hydrogens (tertiary/aromatic N) is 3. The van der Waals surface area contributed by atoms with Crippen LogP contribution in [0.2, 0.25) is 0 Å². The minimum absolute atomic E-state index is 0.0715. The number of hydrogen-bond donors (Lipinski definition) is 2. The van der Waals surface area contributed by atoms with Gasteiger partial charge in [-0.15, -0.1) is 10.2 Å². The number of nitrogens with two attached hydrogens (primary N) is 1. The summed E-state index contributed by atoms with van der Waals surface area (Å²) in [5, 5.41) is 16.9. The maximum Gasteiger partial charge on any atom is 0.311 e. The third-order valence-corrected chi connectivity index (χ3v) is 3.31. The first-order valence-electron chi connectivity index (χ1n) is 6.25. The number of carboxylic acid groups (broad SMARTS) is 1. The molecule has 3 N–H and O–H groups in total. The second-order valence-corrected chi connectivity index (χ2v) is 4.48. The Morgan fingerprint density at radius 2 is 2.20 bits per heavy atom. The van der Waals surface area contributed by atoms with Gasteiger partial charge in [0.05, 0.1) is 19.3 Å². The lowest BCUT2D eigenvalue weighted by Crippen LogP contribution is -2.43. The number of likely N-dealkylation sites (N-methyl/N-ethyl adjacent to an activating group) is 1. The number of amides is 1. The van der Waals surface area contributed by atoms with Crippen LogP contribution in [0.3, 0.4) is 0 Å². The lowest BCUT2D eigenvalue weighted by molar-refractivity contribution is -0.141. The molecule has 0 bridgehead atoms. The van der Waals surface area contributed by atoms with E-state index in [0.29, 0.717) is 19.0 Å². The van der Waals surface area contributed by atoms with Gasteiger partial charge in [-0.25, -0.2) is 0 Å². The molecule has 2 rings (SSSR count). The first kappa shape index (κ1) is 14.2. The Balaban J connectivity index is 2.23. The van der Waals surface area contributed by atoms with Gasteiger partial charge in [0.2, 0.25) is 0 Å². The summed E-state index contributed by atoms with van der Waals surface area (Å²) in [7, 11) is 0. The number of carboxylic acids is 1. The van der Waals surface area contributed by atoms with E-state index in [1.165, 1.54) is 6.07 Å². The van der Waals surface area contributed by atoms with Crippen LogP contribution in [0.1, 0.15) is 17.4 Å². The molecule has 2 atom stereocenters. The minimum atomic E-state index is -0.896. The third-order valence-electron chi connectivity index (χ3n) is 3.31. The van der Waals surface area contributed by atoms with Gasteiger partial charge in [0.15, 0.2) is 11.5 Å². The van der Waals surface area contributed by atoms with Crippen molar-refractivity contribution in [3.63, 3.8) is 0 Å². The van der Waals surface area contributed by atoms with E-state index in [2.05, 4.69) is 10.2 Å². The predicted octanol–water partition coefficient (Wildman–Crippen LogP) is -0.499. The number of rotatable bonds is 5. The van der Waals surface area contributed by atoms with Crippen LogP contribution in [-0.2, 0) is 9.53 Å². The standard InChI is InChI=1S/C12H16N4O4/c1-2-16(9-6-20-5-7(9)12(18)19)10-4-3-8(11(13)17)14-15-10/h3-4,7,9H,2,5-6H2,1H3,(H2,13,17)(H,18,19). The highest BCUT2D eigenvalue weighted by molar-refractivity contribution is 5.90. The van der Waals surface area contributed by atoms with E-state index in [0.717, 1.165) is 0 Å². The molecule has 1 fully saturated rings. The number of primary amides is 1. The number of aromatic nitrogens is 2. The molecule has 8 nitrogen and oxygen atoms in total. The van der Waals surface area contributed by atoms with Crippen LogP contribution in [0, 0.1) is 5.92 Å². The molecule has 20 heavy (non-hydrogen) atoms. The van der Waals surface area contributed by atoms with E-state index in [9.17, 15) is 14.7 Å². The van der Waals surface area contributed by atoms with Crippen LogP contribution in [0.15, 0.2) is 12.1 Å². The molecular weight excluding hydrogens is 264 g/mol. The summed E-state index contributed by atoms with van der Waals surface area (Å²) in [4.78, 5) is 24.0. The molecule has 0 aliphatic carbocycles. The average Bonchev–Trinajstić information content (AvgIpc) is 2.89. The van der Waals surface area contributed by atoms with Gasteiger partial charge in [-0.3, -0.25) is 9.59 Å². The molecule has 0 spiro atoms. The van der Waals surface area contributed by atoms with Gasteiger partial charge in [0.25, 0.3) is 5.91 Å². The molecule has 8 heteroatoms. The zero-order valence-corrected chi connectivity index (χ0v) is 11.0. The number of carbonyl (C=O) groups excluding carboxylic acids is 1. The van der Waals surface area contributed by atoms with Crippen molar-refractivity contribution in [3.8, 4) is 0 Å². The van der Waals surface area contributed by atoms with Crippen molar-refractivity contribution in [2.24, 2.45) is 11.7 Å². The molecule has 0 radical (unpaired) electrons. The summed E-state index contributed by atoms with van der Waals surface area (Å²) in [6.07, 6.45) is 0. The van der Waals surface area contributed by atoms with Gasteiger partial charge in [0.1, 0.15) is 5.92 Å². The van der Waals surface area contributed by atoms with Gasteiger partial charge in [0, 0.05) is 6.54 Å². The van der Waals surface area contributed by atoms with Gasteiger partial charge < -0.3 is 20.5 Å². The monoisotopic (exact) mass is 280 g/mol. The molecule has 0 saturated carbocycles. The summed E-state index contributed by atoms with van der Waals surface area (Å²) in [5.74, 6) is -1.65. The van der Waals surface area contributed by atoms with Crippen molar-refractivity contribution < 1.29 is 19.4 Å². The summed E-state index contributed by atoms with van der Waals surface area (Å²) in [6, 6.07) is 2.78. The maximum atomic E-state index is 11.2. The quantitative estimate of drug-likeness (QED) is 0.746. The van der Waals surface area contributed by atoms with Crippen molar-refractivity contribution in [3.05, 3.63) is 17.8 Å². The molecule has 2 unspecified atom stereocenters. The zero-order chi connectivity index (χ0) is 14.7. The Bertz CT molecular complexity index is 505. The highest BCUT2D eigenvalue weighted by atomic mass is 16.5. The smallest absolute Gasteiger partial charge is 0.311 e. The fourth-order valence-electron chi connectivity index (χ4n) is 2.26. The van der Waals surface area contributed by atoms with Crippen molar-refractivity contribution in [1.82, 2.24) is 10.2 Å². The van der Waals surface area contributed by atoms with Crippen LogP contribution in [0.4, 0.5) is 5.82 Å². The highest BCUT2D eigenvalue weighted by Crippen LogP contribution is 2.24. The Morgan fingerprint density at radius 1 is 1.45 bits per heavy atom. The SMILES string of the molecule is CCN(c1ccc(C(N)=O)nn1)C1COCC1C(=O)O. The van der Waals surface area contributed by atoms with Crippen molar-refractivity contribution >= 4 is 17.7 Å². The molecule has 2 heterocycles. The first-order valence-corrected chi connectivity index (χ1v) is 6.25. The van der Waals surface area contributed by atoms with Gasteiger partial charge in [-0.2, -0.15) is 0 Å². The normalized spacial score (nSPS) is 21.6. The topological polar surface area (TPSA) is 119 Å². The number of aliphatic carboxylic acids is 1. The molecule has 1 aromatic rings. The van der Waals surface area contributed by atoms with E-state index in [-0.39, 0.29) is 18.3 Å². The second-order valence-electron chi connectivity index (χ2n) is 4.48. The number of carbonyl (C=O) groups is 2. The molecule has 108 valence electrons. The molecular formula is C12H16N4O4. The maximum absolute atomic E-state index is 11.2. The second kappa shape index (κ2) is 5.83. The molecule has 1 amide bonds. The number of anilines is 1. The van der Waals surface area contributed by atoms with Crippen LogP contribution >= 0.6 is 0 Å². The summed E-state index contributed by atoms with van der Waals surface area (Å²) in [5.41, 5.74) is 5.18. The number of ether oxygens (including phenoxy) is 1. The van der Waals surface area contributed by atoms with E-state index < -0.39 is 17.8 Å². The van der Waals surface area contributed by atoms with Gasteiger partial charge in [-0.1, -0.05) is 0 Å². The molecule has 1 aliphatic rings. The van der Waals surface area contributed by atoms with Crippen molar-refractivity contribution in [2.45, 2.75) is 13.0 Å². The largest absolute Gasteiger partial charge is 0.481 e. The Hall–Kier alpha value is -2.22. The first-order chi connectivity index (χ1) is 9.54. The third kappa shape index (κ3) is 2.69. The van der Waals surface area contributed by atoms with Crippen LogP contribution in [-0.4, -0.2) is 53.0 Å². The van der Waals surface area contributed by atoms with E-state index >= 15 is 0 Å². The van der Waals surface area contributed by atoms with Crippen LogP contribution in [0.5, 0.6) is 0 Å². The zero-order valence-electron chi connectivity index (χ0n) is 11.0. The van der Waals surface area contributed by atoms with Crippen LogP contribution in [0.25, 0.3) is 0 Å². The van der Waals surface area contributed by atoms with Gasteiger partial charge in [-0.05, 0) is 19.1 Å². The van der Waals surface area contributed by atoms with Crippen LogP contribution < -0.4 is 10.6 Å². The van der Waals surface area contributed by atoms with E-state index in [1.807, 2.05) is 11.8 Å². The van der Waals surface area contributed by atoms with E-state index in [1.54, 1.807) is 6.07 Å². The van der Waals surface area contributed by atoms with Gasteiger partial charge >= 0.3 is 5.97 Å². The lowest BCUT2D eigenvalue weighted by atomic mass is 10.0. The Morgan fingerprint density at radius 3 is 2.70 bits per heavy atom. The minimum Gasteiger partial charge on any atom is -0.481 e. The highest BCUT2D eigenvalue weighted by Gasteiger charge is 2.38. The van der Waals surface area contributed by atoms with Crippen molar-refractivity contribution in [2.75, 3.05) is 24.7 Å². The molecule has 1 aliphatic heterocycles. The summed E-state index contributed by atoms with van der Waals surface area (Å²) in [6.45, 7) is 2.96. The van der Waals surface area contributed by atoms with Crippen molar-refractivity contribution in [1.29, 1.82) is 0 Å².